The van der Waals surface area contributed by atoms with Crippen molar-refractivity contribution >= 4 is 17.5 Å². The third kappa shape index (κ3) is 3.04. The van der Waals surface area contributed by atoms with Gasteiger partial charge in [0.2, 0.25) is 0 Å². The molecule has 2 amide bonds. The van der Waals surface area contributed by atoms with Crippen LogP contribution in [0.4, 0.5) is 16.3 Å². The Morgan fingerprint density at radius 2 is 2.11 bits per heavy atom. The molecule has 2 fully saturated rings. The molecule has 3 aliphatic rings. The van der Waals surface area contributed by atoms with Crippen molar-refractivity contribution in [3.63, 3.8) is 0 Å². The minimum atomic E-state index is -1.70. The second-order valence-corrected chi connectivity index (χ2v) is 7.64. The van der Waals surface area contributed by atoms with Gasteiger partial charge in [0, 0.05) is 30.5 Å². The van der Waals surface area contributed by atoms with Gasteiger partial charge in [-0.1, -0.05) is 0 Å². The Morgan fingerprint density at radius 1 is 1.37 bits per heavy atom. The van der Waals surface area contributed by atoms with Crippen LogP contribution in [0.3, 0.4) is 0 Å². The Morgan fingerprint density at radius 3 is 2.78 bits per heavy atom. The minimum Gasteiger partial charge on any atom is -0.394 e. The van der Waals surface area contributed by atoms with E-state index in [0.717, 1.165) is 37.2 Å². The molecule has 0 saturated carbocycles. The number of ether oxygens (including phenoxy) is 1. The maximum atomic E-state index is 12.6. The highest BCUT2D eigenvalue weighted by molar-refractivity contribution is 5.92. The van der Waals surface area contributed by atoms with E-state index in [1.807, 2.05) is 6.07 Å². The molecule has 0 radical (unpaired) electrons. The fourth-order valence-corrected chi connectivity index (χ4v) is 4.21. The van der Waals surface area contributed by atoms with Gasteiger partial charge in [-0.3, -0.25) is 10.2 Å². The second kappa shape index (κ2) is 6.90. The SMILES string of the molecule is C[C@@]1(O)[C@H](O)[C@@H](CO)O[C@H]1N1Cc2c(N3CCCCC3)ccnc2NC1=O. The van der Waals surface area contributed by atoms with E-state index < -0.39 is 36.7 Å². The summed E-state index contributed by atoms with van der Waals surface area (Å²) in [6.45, 7) is 3.07. The van der Waals surface area contributed by atoms with Crippen LogP contribution in [0, 0.1) is 0 Å². The zero-order valence-corrected chi connectivity index (χ0v) is 15.3. The molecule has 0 aliphatic carbocycles. The van der Waals surface area contributed by atoms with Crippen molar-refractivity contribution in [3.05, 3.63) is 17.8 Å². The number of carbonyl (C=O) groups excluding carboxylic acids is 1. The number of hydrogen-bond donors (Lipinski definition) is 4. The molecule has 0 spiro atoms. The van der Waals surface area contributed by atoms with Gasteiger partial charge in [0.25, 0.3) is 0 Å². The van der Waals surface area contributed by atoms with E-state index >= 15 is 0 Å². The van der Waals surface area contributed by atoms with Crippen LogP contribution in [0.2, 0.25) is 0 Å². The quantitative estimate of drug-likeness (QED) is 0.595. The van der Waals surface area contributed by atoms with Crippen molar-refractivity contribution in [2.24, 2.45) is 0 Å². The van der Waals surface area contributed by atoms with E-state index in [-0.39, 0.29) is 6.54 Å². The molecule has 0 aromatic carbocycles. The van der Waals surface area contributed by atoms with Gasteiger partial charge in [-0.15, -0.1) is 0 Å². The van der Waals surface area contributed by atoms with Gasteiger partial charge in [-0.2, -0.15) is 0 Å². The first kappa shape index (κ1) is 18.4. The first-order valence-electron chi connectivity index (χ1n) is 9.40. The Kier molecular flexibility index (Phi) is 4.71. The lowest BCUT2D eigenvalue weighted by Crippen LogP contribution is -2.56. The highest BCUT2D eigenvalue weighted by Crippen LogP contribution is 2.38. The number of hydrogen-bond acceptors (Lipinski definition) is 7. The molecule has 27 heavy (non-hydrogen) atoms. The summed E-state index contributed by atoms with van der Waals surface area (Å²) in [4.78, 5) is 20.6. The molecule has 4 rings (SSSR count). The highest BCUT2D eigenvalue weighted by Gasteiger charge is 2.56. The highest BCUT2D eigenvalue weighted by atomic mass is 16.6. The average Bonchev–Trinajstić information content (AvgIpc) is 2.90. The van der Waals surface area contributed by atoms with Crippen LogP contribution in [-0.2, 0) is 11.3 Å². The van der Waals surface area contributed by atoms with E-state index in [1.54, 1.807) is 6.20 Å². The third-order valence-electron chi connectivity index (χ3n) is 5.76. The van der Waals surface area contributed by atoms with E-state index in [1.165, 1.54) is 18.2 Å². The number of amides is 2. The second-order valence-electron chi connectivity index (χ2n) is 7.64. The van der Waals surface area contributed by atoms with Crippen molar-refractivity contribution in [1.82, 2.24) is 9.88 Å². The molecule has 4 heterocycles. The zero-order valence-electron chi connectivity index (χ0n) is 15.3. The molecule has 3 aliphatic heterocycles. The van der Waals surface area contributed by atoms with Crippen molar-refractivity contribution in [2.45, 2.75) is 56.8 Å². The van der Waals surface area contributed by atoms with Crippen LogP contribution in [0.15, 0.2) is 12.3 Å². The van der Waals surface area contributed by atoms with Gasteiger partial charge >= 0.3 is 6.03 Å². The van der Waals surface area contributed by atoms with E-state index in [4.69, 9.17) is 4.74 Å². The van der Waals surface area contributed by atoms with E-state index in [2.05, 4.69) is 15.2 Å². The van der Waals surface area contributed by atoms with Crippen LogP contribution in [0.5, 0.6) is 0 Å². The topological polar surface area (TPSA) is 118 Å². The summed E-state index contributed by atoms with van der Waals surface area (Å²) in [5.41, 5.74) is 0.178. The van der Waals surface area contributed by atoms with Gasteiger partial charge in [0.05, 0.1) is 13.2 Å². The maximum absolute atomic E-state index is 12.6. The van der Waals surface area contributed by atoms with Crippen LogP contribution in [0.1, 0.15) is 31.7 Å². The number of fused-ring (bicyclic) bond motifs is 1. The van der Waals surface area contributed by atoms with Gasteiger partial charge < -0.3 is 25.0 Å². The lowest BCUT2D eigenvalue weighted by atomic mass is 9.95. The van der Waals surface area contributed by atoms with Crippen LogP contribution in [0.25, 0.3) is 0 Å². The van der Waals surface area contributed by atoms with Gasteiger partial charge in [0.15, 0.2) is 6.23 Å². The molecule has 1 aromatic heterocycles. The number of carbonyl (C=O) groups is 1. The van der Waals surface area contributed by atoms with E-state index in [9.17, 15) is 20.1 Å². The molecule has 4 N–H and O–H groups in total. The predicted octanol–water partition coefficient (Wildman–Crippen LogP) is 0.248. The number of aliphatic hydroxyl groups excluding tert-OH is 2. The molecule has 148 valence electrons. The number of rotatable bonds is 3. The van der Waals surface area contributed by atoms with Crippen LogP contribution < -0.4 is 10.2 Å². The number of anilines is 2. The molecular weight excluding hydrogens is 352 g/mol. The molecule has 0 bridgehead atoms. The number of pyridine rings is 1. The van der Waals surface area contributed by atoms with Gasteiger partial charge in [-0.25, -0.2) is 9.78 Å². The monoisotopic (exact) mass is 378 g/mol. The summed E-state index contributed by atoms with van der Waals surface area (Å²) in [6.07, 6.45) is 1.83. The molecule has 4 atom stereocenters. The van der Waals surface area contributed by atoms with E-state index in [0.29, 0.717) is 5.82 Å². The fraction of sp³-hybridized carbons (Fsp3) is 0.667. The Hall–Kier alpha value is -1.94. The Balaban J connectivity index is 1.65. The van der Waals surface area contributed by atoms with Gasteiger partial charge in [-0.05, 0) is 32.3 Å². The molecule has 2 saturated heterocycles. The number of aromatic nitrogens is 1. The smallest absolute Gasteiger partial charge is 0.325 e. The maximum Gasteiger partial charge on any atom is 0.325 e. The summed E-state index contributed by atoms with van der Waals surface area (Å²) in [7, 11) is 0. The number of nitrogens with one attached hydrogen (secondary N) is 1. The largest absolute Gasteiger partial charge is 0.394 e. The summed E-state index contributed by atoms with van der Waals surface area (Å²) in [5, 5.41) is 33.1. The molecule has 0 unspecified atom stereocenters. The summed E-state index contributed by atoms with van der Waals surface area (Å²) >= 11 is 0. The predicted molar refractivity (Wildman–Crippen MR) is 97.2 cm³/mol. The normalized spacial score (nSPS) is 33.8. The Bertz CT molecular complexity index is 722. The summed E-state index contributed by atoms with van der Waals surface area (Å²) < 4.78 is 5.63. The lowest BCUT2D eigenvalue weighted by Gasteiger charge is -2.40. The Labute approximate surface area is 157 Å². The number of nitrogens with zero attached hydrogens (tertiary/aromatic N) is 3. The lowest BCUT2D eigenvalue weighted by molar-refractivity contribution is -0.120. The van der Waals surface area contributed by atoms with Gasteiger partial charge in [0.1, 0.15) is 23.6 Å². The average molecular weight is 378 g/mol. The molecule has 9 nitrogen and oxygen atoms in total. The van der Waals surface area contributed by atoms with Crippen molar-refractivity contribution in [3.8, 4) is 0 Å². The zero-order chi connectivity index (χ0) is 19.2. The molecular formula is C18H26N4O5. The number of aliphatic hydroxyl groups is 3. The van der Waals surface area contributed by atoms with Crippen molar-refractivity contribution < 1.29 is 24.9 Å². The molecule has 1 aromatic rings. The van der Waals surface area contributed by atoms with Crippen LogP contribution in [-0.4, -0.2) is 75.0 Å². The summed E-state index contributed by atoms with van der Waals surface area (Å²) in [6, 6.07) is 1.49. The molecule has 9 heteroatoms. The van der Waals surface area contributed by atoms with Crippen molar-refractivity contribution in [2.75, 3.05) is 29.9 Å². The number of urea groups is 1. The minimum absolute atomic E-state index is 0.201. The standard InChI is InChI=1S/C18H26N4O5/c1-18(26)14(24)13(10-23)27-16(18)22-9-11-12(21-7-3-2-4-8-21)5-6-19-15(11)20-17(22)25/h5-6,13-14,16,23-24,26H,2-4,7-10H2,1H3,(H,19,20,25)/t13-,14-,16-,18-/m1/s1. The first-order chi connectivity index (χ1) is 12.9. The summed E-state index contributed by atoms with van der Waals surface area (Å²) in [5.74, 6) is 0.510. The third-order valence-corrected chi connectivity index (χ3v) is 5.76. The van der Waals surface area contributed by atoms with Crippen molar-refractivity contribution in [1.29, 1.82) is 0 Å². The first-order valence-corrected chi connectivity index (χ1v) is 9.40. The van der Waals surface area contributed by atoms with Crippen LogP contribution >= 0.6 is 0 Å². The fourth-order valence-electron chi connectivity index (χ4n) is 4.21. The number of piperidine rings is 1.